The number of nitrogens with zero attached hydrogens (tertiary/aromatic N) is 1. The van der Waals surface area contributed by atoms with Crippen LogP contribution in [0.3, 0.4) is 0 Å². The van der Waals surface area contributed by atoms with Gasteiger partial charge in [-0.15, -0.1) is 0 Å². The van der Waals surface area contributed by atoms with E-state index in [4.69, 9.17) is 0 Å². The van der Waals surface area contributed by atoms with E-state index in [9.17, 15) is 9.59 Å². The van der Waals surface area contributed by atoms with Gasteiger partial charge in [0.05, 0.1) is 12.7 Å². The van der Waals surface area contributed by atoms with E-state index < -0.39 is 5.97 Å². The van der Waals surface area contributed by atoms with Gasteiger partial charge in [-0.1, -0.05) is 0 Å². The number of esters is 1. The Morgan fingerprint density at radius 3 is 2.79 bits per heavy atom. The van der Waals surface area contributed by atoms with Gasteiger partial charge in [0.15, 0.2) is 18.2 Å². The van der Waals surface area contributed by atoms with Gasteiger partial charge in [0.25, 0.3) is 0 Å². The van der Waals surface area contributed by atoms with Gasteiger partial charge in [-0.25, -0.2) is 4.57 Å². The van der Waals surface area contributed by atoms with Crippen LogP contribution in [0.2, 0.25) is 0 Å². The second-order valence-corrected chi connectivity index (χ2v) is 2.93. The number of Topliss-reactive ketones (excluding diaryl/α,β-unsaturated/α-hetero) is 1. The van der Waals surface area contributed by atoms with E-state index in [0.29, 0.717) is 5.56 Å². The summed E-state index contributed by atoms with van der Waals surface area (Å²) in [5.74, 6) is -0.741. The number of carbonyl (C=O) groups excluding carboxylic acids is 2. The van der Waals surface area contributed by atoms with E-state index in [-0.39, 0.29) is 12.2 Å². The topological polar surface area (TPSA) is 47.3 Å². The molecule has 0 radical (unpaired) electrons. The van der Waals surface area contributed by atoms with E-state index in [2.05, 4.69) is 4.74 Å². The lowest BCUT2D eigenvalue weighted by Gasteiger charge is -1.97. The van der Waals surface area contributed by atoms with E-state index in [1.807, 2.05) is 13.2 Å². The van der Waals surface area contributed by atoms with Crippen molar-refractivity contribution in [3.8, 4) is 0 Å². The molecule has 0 unspecified atom stereocenters. The molecule has 1 aromatic rings. The standard InChI is InChI=1S/C10H12NO3/c1-11-5-3-4-8(7-11)9(12)6-10(13)14-2/h3-5,7H,6H2,1-2H3/q+1. The Hall–Kier alpha value is -1.71. The number of ketones is 1. The zero-order valence-corrected chi connectivity index (χ0v) is 8.19. The second kappa shape index (κ2) is 4.50. The highest BCUT2D eigenvalue weighted by Crippen LogP contribution is 2.00. The van der Waals surface area contributed by atoms with Crippen LogP contribution in [0.4, 0.5) is 0 Å². The third-order valence-corrected chi connectivity index (χ3v) is 1.79. The molecule has 0 aromatic carbocycles. The van der Waals surface area contributed by atoms with Crippen LogP contribution in [-0.4, -0.2) is 18.9 Å². The summed E-state index contributed by atoms with van der Waals surface area (Å²) in [5, 5.41) is 0. The van der Waals surface area contributed by atoms with Gasteiger partial charge in [-0.05, 0) is 6.07 Å². The van der Waals surface area contributed by atoms with Crippen molar-refractivity contribution in [1.29, 1.82) is 0 Å². The predicted octanol–water partition coefficient (Wildman–Crippen LogP) is 0.257. The average molecular weight is 194 g/mol. The molecule has 1 heterocycles. The highest BCUT2D eigenvalue weighted by molar-refractivity contribution is 6.05. The van der Waals surface area contributed by atoms with Crippen molar-refractivity contribution in [2.24, 2.45) is 7.05 Å². The van der Waals surface area contributed by atoms with E-state index in [1.54, 1.807) is 22.9 Å². The Kier molecular flexibility index (Phi) is 3.34. The van der Waals surface area contributed by atoms with Crippen LogP contribution in [0, 0.1) is 0 Å². The van der Waals surface area contributed by atoms with Gasteiger partial charge in [0, 0.05) is 6.07 Å². The fourth-order valence-electron chi connectivity index (χ4n) is 1.06. The second-order valence-electron chi connectivity index (χ2n) is 2.93. The Bertz CT molecular complexity index is 360. The molecule has 74 valence electrons. The molecule has 0 aliphatic rings. The van der Waals surface area contributed by atoms with E-state index in [1.165, 1.54) is 7.11 Å². The number of hydrogen-bond donors (Lipinski definition) is 0. The lowest BCUT2D eigenvalue weighted by molar-refractivity contribution is -0.671. The Labute approximate surface area is 82.1 Å². The smallest absolute Gasteiger partial charge is 0.313 e. The molecule has 0 amide bonds. The molecule has 0 saturated carbocycles. The quantitative estimate of drug-likeness (QED) is 0.300. The fourth-order valence-corrected chi connectivity index (χ4v) is 1.06. The fraction of sp³-hybridized carbons (Fsp3) is 0.300. The molecule has 4 nitrogen and oxygen atoms in total. The number of aryl methyl sites for hydroxylation is 1. The maximum Gasteiger partial charge on any atom is 0.313 e. The number of hydrogen-bond acceptors (Lipinski definition) is 3. The summed E-state index contributed by atoms with van der Waals surface area (Å²) >= 11 is 0. The lowest BCUT2D eigenvalue weighted by atomic mass is 10.1. The minimum Gasteiger partial charge on any atom is -0.469 e. The minimum absolute atomic E-state index is 0.208. The molecule has 1 aromatic heterocycles. The monoisotopic (exact) mass is 194 g/mol. The first-order valence-corrected chi connectivity index (χ1v) is 4.19. The van der Waals surface area contributed by atoms with Crippen LogP contribution in [0.15, 0.2) is 24.5 Å². The Morgan fingerprint density at radius 1 is 1.50 bits per heavy atom. The summed E-state index contributed by atoms with van der Waals surface area (Å²) in [6, 6.07) is 3.43. The Morgan fingerprint density at radius 2 is 2.21 bits per heavy atom. The molecule has 0 aliphatic heterocycles. The number of ether oxygens (including phenoxy) is 1. The maximum absolute atomic E-state index is 11.5. The van der Waals surface area contributed by atoms with Crippen LogP contribution < -0.4 is 4.57 Å². The molecule has 4 heteroatoms. The zero-order chi connectivity index (χ0) is 10.6. The zero-order valence-electron chi connectivity index (χ0n) is 8.19. The van der Waals surface area contributed by atoms with Gasteiger partial charge in [0.2, 0.25) is 0 Å². The highest BCUT2D eigenvalue weighted by Gasteiger charge is 2.13. The molecule has 0 aliphatic carbocycles. The lowest BCUT2D eigenvalue weighted by Crippen LogP contribution is -2.28. The van der Waals surface area contributed by atoms with Crippen molar-refractivity contribution in [2.45, 2.75) is 6.42 Å². The first kappa shape index (κ1) is 10.4. The molecule has 0 spiro atoms. The largest absolute Gasteiger partial charge is 0.469 e. The average Bonchev–Trinajstić information content (AvgIpc) is 2.17. The molecular weight excluding hydrogens is 182 g/mol. The van der Waals surface area contributed by atoms with Crippen molar-refractivity contribution in [1.82, 2.24) is 0 Å². The molecule has 0 fully saturated rings. The highest BCUT2D eigenvalue weighted by atomic mass is 16.5. The molecule has 0 N–H and O–H groups in total. The normalized spacial score (nSPS) is 9.57. The third kappa shape index (κ3) is 2.65. The van der Waals surface area contributed by atoms with Crippen LogP contribution in [-0.2, 0) is 16.6 Å². The summed E-state index contributed by atoms with van der Waals surface area (Å²) in [7, 11) is 3.08. The van der Waals surface area contributed by atoms with Crippen LogP contribution in [0.5, 0.6) is 0 Å². The van der Waals surface area contributed by atoms with Gasteiger partial charge in [-0.3, -0.25) is 9.59 Å². The summed E-state index contributed by atoms with van der Waals surface area (Å²) < 4.78 is 6.16. The van der Waals surface area contributed by atoms with Gasteiger partial charge >= 0.3 is 5.97 Å². The van der Waals surface area contributed by atoms with Crippen LogP contribution in [0.25, 0.3) is 0 Å². The van der Waals surface area contributed by atoms with Crippen molar-refractivity contribution in [2.75, 3.05) is 7.11 Å². The van der Waals surface area contributed by atoms with E-state index >= 15 is 0 Å². The molecule has 0 atom stereocenters. The summed E-state index contributed by atoms with van der Waals surface area (Å²) in [5.41, 5.74) is 0.514. The number of rotatable bonds is 3. The van der Waals surface area contributed by atoms with Crippen molar-refractivity contribution >= 4 is 11.8 Å². The van der Waals surface area contributed by atoms with E-state index in [0.717, 1.165) is 0 Å². The molecule has 14 heavy (non-hydrogen) atoms. The summed E-state index contributed by atoms with van der Waals surface area (Å²) in [4.78, 5) is 22.3. The Balaban J connectivity index is 2.75. The van der Waals surface area contributed by atoms with Crippen molar-refractivity contribution in [3.05, 3.63) is 30.1 Å². The van der Waals surface area contributed by atoms with Gasteiger partial charge in [-0.2, -0.15) is 0 Å². The minimum atomic E-state index is -0.512. The van der Waals surface area contributed by atoms with Crippen LogP contribution >= 0.6 is 0 Å². The molecule has 0 saturated heterocycles. The van der Waals surface area contributed by atoms with Crippen molar-refractivity contribution < 1.29 is 18.9 Å². The first-order chi connectivity index (χ1) is 6.63. The van der Waals surface area contributed by atoms with Gasteiger partial charge < -0.3 is 4.74 Å². The molecule has 0 bridgehead atoms. The number of carbonyl (C=O) groups is 2. The first-order valence-electron chi connectivity index (χ1n) is 4.19. The summed E-state index contributed by atoms with van der Waals surface area (Å²) in [6.45, 7) is 0. The summed E-state index contributed by atoms with van der Waals surface area (Å²) in [6.07, 6.45) is 3.28. The molecule has 1 rings (SSSR count). The van der Waals surface area contributed by atoms with Crippen molar-refractivity contribution in [3.63, 3.8) is 0 Å². The third-order valence-electron chi connectivity index (χ3n) is 1.79. The SMILES string of the molecule is COC(=O)CC(=O)c1ccc[n+](C)c1. The van der Waals surface area contributed by atoms with Gasteiger partial charge in [0.1, 0.15) is 13.5 Å². The maximum atomic E-state index is 11.5. The van der Waals surface area contributed by atoms with Crippen LogP contribution in [0.1, 0.15) is 16.8 Å². The number of aromatic nitrogens is 1. The number of pyridine rings is 1. The number of methoxy groups -OCH3 is 1. The predicted molar refractivity (Wildman–Crippen MR) is 48.6 cm³/mol. The molecular formula is C10H12NO3+.